The highest BCUT2D eigenvalue weighted by atomic mass is 32.2. The molecule has 1 heterocycles. The summed E-state index contributed by atoms with van der Waals surface area (Å²) in [4.78, 5) is 0. The van der Waals surface area contributed by atoms with Gasteiger partial charge in [0.2, 0.25) is 10.0 Å². The van der Waals surface area contributed by atoms with E-state index in [9.17, 15) is 8.42 Å². The van der Waals surface area contributed by atoms with Gasteiger partial charge in [-0.15, -0.1) is 0 Å². The molecule has 3 rings (SSSR count). The predicted octanol–water partition coefficient (Wildman–Crippen LogP) is 3.27. The van der Waals surface area contributed by atoms with E-state index in [2.05, 4.69) is 4.72 Å². The zero-order valence-electron chi connectivity index (χ0n) is 14.4. The smallest absolute Gasteiger partial charge is 0.216 e. The zero-order chi connectivity index (χ0) is 17.9. The van der Waals surface area contributed by atoms with Crippen LogP contribution in [0, 0.1) is 5.92 Å². The molecule has 0 saturated heterocycles. The molecule has 25 heavy (non-hydrogen) atoms. The molecule has 0 unspecified atom stereocenters. The minimum Gasteiger partial charge on any atom is -0.486 e. The number of rotatable bonds is 6. The number of ether oxygens (including phenoxy) is 2. The first kappa shape index (κ1) is 17.8. The van der Waals surface area contributed by atoms with E-state index in [4.69, 9.17) is 9.47 Å². The van der Waals surface area contributed by atoms with Gasteiger partial charge in [-0.3, -0.25) is 0 Å². The first-order valence-corrected chi connectivity index (χ1v) is 10.0. The largest absolute Gasteiger partial charge is 0.486 e. The number of sulfonamides is 1. The third kappa shape index (κ3) is 4.52. The second-order valence-electron chi connectivity index (χ2n) is 6.49. The summed E-state index contributed by atoms with van der Waals surface area (Å²) in [7, 11) is -3.47. The summed E-state index contributed by atoms with van der Waals surface area (Å²) >= 11 is 0. The van der Waals surface area contributed by atoms with Crippen molar-refractivity contribution in [1.29, 1.82) is 0 Å². The SMILES string of the molecule is CC(C)[C@@H](NS(=O)(=O)Cc1ccccc1)c1ccc2c(c1)OCCO2. The van der Waals surface area contributed by atoms with Crippen LogP contribution in [0.3, 0.4) is 0 Å². The van der Waals surface area contributed by atoms with Gasteiger partial charge >= 0.3 is 0 Å². The molecular formula is C19H23NO4S. The third-order valence-electron chi connectivity index (χ3n) is 4.10. The highest BCUT2D eigenvalue weighted by molar-refractivity contribution is 7.88. The first-order valence-electron chi connectivity index (χ1n) is 8.38. The molecule has 6 heteroatoms. The fourth-order valence-electron chi connectivity index (χ4n) is 2.87. The normalized spacial score (nSPS) is 15.2. The number of fused-ring (bicyclic) bond motifs is 1. The van der Waals surface area contributed by atoms with E-state index in [0.717, 1.165) is 11.1 Å². The molecule has 0 spiro atoms. The van der Waals surface area contributed by atoms with Crippen LogP contribution in [0.5, 0.6) is 11.5 Å². The van der Waals surface area contributed by atoms with Crippen LogP contribution in [0.4, 0.5) is 0 Å². The molecular weight excluding hydrogens is 338 g/mol. The zero-order valence-corrected chi connectivity index (χ0v) is 15.3. The van der Waals surface area contributed by atoms with Crippen LogP contribution >= 0.6 is 0 Å². The summed E-state index contributed by atoms with van der Waals surface area (Å²) in [5.74, 6) is 1.41. The van der Waals surface area contributed by atoms with Gasteiger partial charge in [0.15, 0.2) is 11.5 Å². The topological polar surface area (TPSA) is 64.6 Å². The molecule has 134 valence electrons. The molecule has 0 saturated carbocycles. The standard InChI is InChI=1S/C19H23NO4S/c1-14(2)19(16-8-9-17-18(12-16)24-11-10-23-17)20-25(21,22)13-15-6-4-3-5-7-15/h3-9,12,14,19-20H,10-11,13H2,1-2H3/t19-/m1/s1. The lowest BCUT2D eigenvalue weighted by Crippen LogP contribution is -2.32. The summed E-state index contributed by atoms with van der Waals surface area (Å²) in [6.45, 7) is 5.02. The Balaban J connectivity index is 1.81. The number of nitrogens with one attached hydrogen (secondary N) is 1. The van der Waals surface area contributed by atoms with Crippen molar-refractivity contribution in [2.45, 2.75) is 25.6 Å². The Morgan fingerprint density at radius 3 is 2.36 bits per heavy atom. The van der Waals surface area contributed by atoms with Crippen molar-refractivity contribution in [3.8, 4) is 11.5 Å². The van der Waals surface area contributed by atoms with E-state index in [1.165, 1.54) is 0 Å². The van der Waals surface area contributed by atoms with E-state index in [-0.39, 0.29) is 17.7 Å². The predicted molar refractivity (Wildman–Crippen MR) is 97.2 cm³/mol. The van der Waals surface area contributed by atoms with Crippen LogP contribution in [0.15, 0.2) is 48.5 Å². The molecule has 2 aromatic rings. The van der Waals surface area contributed by atoms with E-state index in [0.29, 0.717) is 24.7 Å². The fourth-order valence-corrected chi connectivity index (χ4v) is 4.38. The second-order valence-corrected chi connectivity index (χ2v) is 8.24. The van der Waals surface area contributed by atoms with Crippen LogP contribution in [0.1, 0.15) is 31.0 Å². The average Bonchev–Trinajstić information content (AvgIpc) is 2.59. The van der Waals surface area contributed by atoms with E-state index >= 15 is 0 Å². The van der Waals surface area contributed by atoms with Crippen molar-refractivity contribution in [1.82, 2.24) is 4.72 Å². The Bertz CT molecular complexity index is 819. The lowest BCUT2D eigenvalue weighted by atomic mass is 9.97. The van der Waals surface area contributed by atoms with Gasteiger partial charge in [-0.1, -0.05) is 50.2 Å². The minimum absolute atomic E-state index is 0.0401. The molecule has 1 atom stereocenters. The van der Waals surface area contributed by atoms with Gasteiger partial charge in [-0.25, -0.2) is 13.1 Å². The Morgan fingerprint density at radius 1 is 1.00 bits per heavy atom. The molecule has 0 amide bonds. The maximum Gasteiger partial charge on any atom is 0.216 e. The first-order chi connectivity index (χ1) is 11.9. The quantitative estimate of drug-likeness (QED) is 0.858. The summed E-state index contributed by atoms with van der Waals surface area (Å²) in [6, 6.07) is 14.4. The lowest BCUT2D eigenvalue weighted by molar-refractivity contribution is 0.171. The Kier molecular flexibility index (Phi) is 5.30. The molecule has 1 aliphatic heterocycles. The van der Waals surface area contributed by atoms with Gasteiger partial charge in [-0.05, 0) is 29.2 Å². The summed E-state index contributed by atoms with van der Waals surface area (Å²) in [5.41, 5.74) is 1.63. The van der Waals surface area contributed by atoms with Crippen molar-refractivity contribution in [2.24, 2.45) is 5.92 Å². The number of hydrogen-bond acceptors (Lipinski definition) is 4. The van der Waals surface area contributed by atoms with Crippen LogP contribution in [-0.2, 0) is 15.8 Å². The molecule has 0 bridgehead atoms. The van der Waals surface area contributed by atoms with Crippen molar-refractivity contribution in [3.05, 3.63) is 59.7 Å². The summed E-state index contributed by atoms with van der Waals surface area (Å²) < 4.78 is 39.2. The molecule has 5 nitrogen and oxygen atoms in total. The Labute approximate surface area is 149 Å². The maximum absolute atomic E-state index is 12.6. The maximum atomic E-state index is 12.6. The fraction of sp³-hybridized carbons (Fsp3) is 0.368. The van der Waals surface area contributed by atoms with Crippen LogP contribution in [0.25, 0.3) is 0 Å². The number of benzene rings is 2. The molecule has 1 N–H and O–H groups in total. The highest BCUT2D eigenvalue weighted by Crippen LogP contribution is 2.34. The van der Waals surface area contributed by atoms with Crippen molar-refractivity contribution < 1.29 is 17.9 Å². The monoisotopic (exact) mass is 361 g/mol. The van der Waals surface area contributed by atoms with E-state index in [1.807, 2.05) is 62.4 Å². The summed E-state index contributed by atoms with van der Waals surface area (Å²) in [6.07, 6.45) is 0. The van der Waals surface area contributed by atoms with Crippen molar-refractivity contribution in [3.63, 3.8) is 0 Å². The van der Waals surface area contributed by atoms with Gasteiger partial charge in [0.1, 0.15) is 13.2 Å². The minimum atomic E-state index is -3.47. The van der Waals surface area contributed by atoms with E-state index in [1.54, 1.807) is 0 Å². The van der Waals surface area contributed by atoms with Gasteiger partial charge in [-0.2, -0.15) is 0 Å². The Hall–Kier alpha value is -2.05. The van der Waals surface area contributed by atoms with E-state index < -0.39 is 10.0 Å². The van der Waals surface area contributed by atoms with Crippen molar-refractivity contribution in [2.75, 3.05) is 13.2 Å². The molecule has 1 aliphatic rings. The van der Waals surface area contributed by atoms with Crippen LogP contribution in [-0.4, -0.2) is 21.6 Å². The van der Waals surface area contributed by atoms with Gasteiger partial charge in [0, 0.05) is 6.04 Å². The van der Waals surface area contributed by atoms with Crippen molar-refractivity contribution >= 4 is 10.0 Å². The van der Waals surface area contributed by atoms with Gasteiger partial charge in [0.05, 0.1) is 5.75 Å². The molecule has 2 aromatic carbocycles. The van der Waals surface area contributed by atoms with Crippen LogP contribution < -0.4 is 14.2 Å². The lowest BCUT2D eigenvalue weighted by Gasteiger charge is -2.25. The highest BCUT2D eigenvalue weighted by Gasteiger charge is 2.24. The third-order valence-corrected chi connectivity index (χ3v) is 5.42. The second kappa shape index (κ2) is 7.45. The molecule has 0 aliphatic carbocycles. The number of hydrogen-bond donors (Lipinski definition) is 1. The molecule has 0 fully saturated rings. The van der Waals surface area contributed by atoms with Gasteiger partial charge in [0.25, 0.3) is 0 Å². The van der Waals surface area contributed by atoms with Gasteiger partial charge < -0.3 is 9.47 Å². The molecule has 0 aromatic heterocycles. The summed E-state index contributed by atoms with van der Waals surface area (Å²) in [5, 5.41) is 0. The van der Waals surface area contributed by atoms with Crippen LogP contribution in [0.2, 0.25) is 0 Å². The molecule has 0 radical (unpaired) electrons. The Morgan fingerprint density at radius 2 is 1.68 bits per heavy atom. The average molecular weight is 361 g/mol.